The lowest BCUT2D eigenvalue weighted by Crippen LogP contribution is -2.44. The van der Waals surface area contributed by atoms with E-state index in [-0.39, 0.29) is 0 Å². The number of aliphatic imine (C=N–C) groups is 1. The lowest BCUT2D eigenvalue weighted by molar-refractivity contribution is 0.636. The number of aryl methyl sites for hydroxylation is 1. The molecule has 1 aliphatic heterocycles. The highest BCUT2D eigenvalue weighted by molar-refractivity contribution is 5.80. The van der Waals surface area contributed by atoms with Crippen molar-refractivity contribution >= 4 is 22.7 Å². The Kier molecular flexibility index (Phi) is 6.29. The molecule has 2 aromatic carbocycles. The van der Waals surface area contributed by atoms with Crippen LogP contribution in [-0.2, 0) is 6.54 Å². The van der Waals surface area contributed by atoms with E-state index < -0.39 is 0 Å². The molecule has 1 aromatic heterocycles. The normalized spacial score (nSPS) is 17.1. The van der Waals surface area contributed by atoms with Crippen molar-refractivity contribution < 1.29 is 0 Å². The van der Waals surface area contributed by atoms with Crippen LogP contribution in [0.3, 0.4) is 0 Å². The molecule has 1 atom stereocenters. The molecule has 1 saturated heterocycles. The fourth-order valence-electron chi connectivity index (χ4n) is 3.89. The molecule has 0 saturated carbocycles. The van der Waals surface area contributed by atoms with Gasteiger partial charge in [0.15, 0.2) is 5.96 Å². The topological polar surface area (TPSA) is 57.5 Å². The summed E-state index contributed by atoms with van der Waals surface area (Å²) in [5.41, 5.74) is 3.54. The summed E-state index contributed by atoms with van der Waals surface area (Å²) in [5.74, 6) is 0.919. The van der Waals surface area contributed by atoms with Crippen molar-refractivity contribution in [3.05, 3.63) is 60.9 Å². The van der Waals surface area contributed by atoms with Gasteiger partial charge in [-0.2, -0.15) is 0 Å². The number of benzene rings is 2. The molecule has 3 aromatic rings. The van der Waals surface area contributed by atoms with Gasteiger partial charge in [-0.3, -0.25) is 4.99 Å². The average Bonchev–Trinajstić information content (AvgIpc) is 3.39. The van der Waals surface area contributed by atoms with Gasteiger partial charge in [0.05, 0.1) is 17.4 Å². The van der Waals surface area contributed by atoms with Crippen LogP contribution >= 0.6 is 0 Å². The van der Waals surface area contributed by atoms with Crippen LogP contribution < -0.4 is 15.5 Å². The standard InChI is InChI=1S/C23H30N6/c1-2-24-23(27-19-13-16-28(17-19)20-9-4-3-5-10-20)25-14-8-15-29-18-26-21-11-6-7-12-22(21)29/h3-7,9-12,18-19H,2,8,13-17H2,1H3,(H2,24,25,27). The van der Waals surface area contributed by atoms with E-state index in [0.29, 0.717) is 6.04 Å². The molecular weight excluding hydrogens is 360 g/mol. The van der Waals surface area contributed by atoms with Crippen LogP contribution in [0.15, 0.2) is 65.9 Å². The van der Waals surface area contributed by atoms with Crippen molar-refractivity contribution in [1.82, 2.24) is 20.2 Å². The first kappa shape index (κ1) is 19.3. The summed E-state index contributed by atoms with van der Waals surface area (Å²) in [4.78, 5) is 11.7. The van der Waals surface area contributed by atoms with Gasteiger partial charge >= 0.3 is 0 Å². The van der Waals surface area contributed by atoms with Gasteiger partial charge < -0.3 is 20.1 Å². The third kappa shape index (κ3) is 4.88. The first-order chi connectivity index (χ1) is 14.3. The minimum Gasteiger partial charge on any atom is -0.369 e. The summed E-state index contributed by atoms with van der Waals surface area (Å²) >= 11 is 0. The zero-order valence-electron chi connectivity index (χ0n) is 17.1. The van der Waals surface area contributed by atoms with Crippen LogP contribution in [0.25, 0.3) is 11.0 Å². The zero-order chi connectivity index (χ0) is 19.9. The van der Waals surface area contributed by atoms with Crippen LogP contribution in [0.5, 0.6) is 0 Å². The van der Waals surface area contributed by atoms with E-state index in [2.05, 4.69) is 80.5 Å². The van der Waals surface area contributed by atoms with E-state index in [0.717, 1.165) is 57.0 Å². The van der Waals surface area contributed by atoms with Crippen molar-refractivity contribution in [2.75, 3.05) is 31.1 Å². The Morgan fingerprint density at radius 2 is 1.97 bits per heavy atom. The SMILES string of the molecule is CCNC(=NCCCn1cnc2ccccc21)NC1CCN(c2ccccc2)C1. The Balaban J connectivity index is 1.29. The third-order valence-corrected chi connectivity index (χ3v) is 5.35. The largest absolute Gasteiger partial charge is 0.369 e. The van der Waals surface area contributed by atoms with Crippen molar-refractivity contribution in [3.8, 4) is 0 Å². The molecule has 0 amide bonds. The van der Waals surface area contributed by atoms with Gasteiger partial charge in [-0.25, -0.2) is 4.98 Å². The number of fused-ring (bicyclic) bond motifs is 1. The van der Waals surface area contributed by atoms with Crippen LogP contribution in [0.1, 0.15) is 19.8 Å². The average molecular weight is 391 g/mol. The Bertz CT molecular complexity index is 933. The number of imidazole rings is 1. The monoisotopic (exact) mass is 390 g/mol. The first-order valence-electron chi connectivity index (χ1n) is 10.6. The van der Waals surface area contributed by atoms with Crippen LogP contribution in [0.4, 0.5) is 5.69 Å². The maximum Gasteiger partial charge on any atom is 0.191 e. The van der Waals surface area contributed by atoms with Gasteiger partial charge in [-0.05, 0) is 44.0 Å². The van der Waals surface area contributed by atoms with Crippen molar-refractivity contribution in [3.63, 3.8) is 0 Å². The van der Waals surface area contributed by atoms with Crippen LogP contribution in [0.2, 0.25) is 0 Å². The lowest BCUT2D eigenvalue weighted by atomic mass is 10.2. The van der Waals surface area contributed by atoms with Crippen molar-refractivity contribution in [2.24, 2.45) is 4.99 Å². The molecule has 6 heteroatoms. The molecule has 0 spiro atoms. The minimum atomic E-state index is 0.422. The highest BCUT2D eigenvalue weighted by Crippen LogP contribution is 2.19. The summed E-state index contributed by atoms with van der Waals surface area (Å²) in [6, 6.07) is 19.3. The smallest absolute Gasteiger partial charge is 0.191 e. The number of guanidine groups is 1. The van der Waals surface area contributed by atoms with E-state index in [9.17, 15) is 0 Å². The maximum absolute atomic E-state index is 4.80. The molecule has 29 heavy (non-hydrogen) atoms. The first-order valence-corrected chi connectivity index (χ1v) is 10.6. The van der Waals surface area contributed by atoms with E-state index in [1.165, 1.54) is 11.2 Å². The Morgan fingerprint density at radius 1 is 1.14 bits per heavy atom. The van der Waals surface area contributed by atoms with Crippen LogP contribution in [-0.4, -0.2) is 47.7 Å². The molecule has 1 aliphatic rings. The Hall–Kier alpha value is -3.02. The Labute approximate surface area is 172 Å². The Morgan fingerprint density at radius 3 is 2.83 bits per heavy atom. The summed E-state index contributed by atoms with van der Waals surface area (Å²) < 4.78 is 2.21. The minimum absolute atomic E-state index is 0.422. The van der Waals surface area contributed by atoms with E-state index >= 15 is 0 Å². The molecule has 6 nitrogen and oxygen atoms in total. The number of hydrogen-bond acceptors (Lipinski definition) is 3. The van der Waals surface area contributed by atoms with Gasteiger partial charge in [-0.1, -0.05) is 30.3 Å². The van der Waals surface area contributed by atoms with Gasteiger partial charge in [0, 0.05) is 44.5 Å². The molecule has 0 aliphatic carbocycles. The van der Waals surface area contributed by atoms with Gasteiger partial charge in [-0.15, -0.1) is 0 Å². The van der Waals surface area contributed by atoms with Crippen LogP contribution in [0, 0.1) is 0 Å². The number of aromatic nitrogens is 2. The summed E-state index contributed by atoms with van der Waals surface area (Å²) in [7, 11) is 0. The lowest BCUT2D eigenvalue weighted by Gasteiger charge is -2.20. The highest BCUT2D eigenvalue weighted by Gasteiger charge is 2.23. The molecule has 152 valence electrons. The molecule has 0 radical (unpaired) electrons. The molecule has 1 unspecified atom stereocenters. The summed E-state index contributed by atoms with van der Waals surface area (Å²) in [6.07, 6.45) is 4.03. The molecule has 0 bridgehead atoms. The van der Waals surface area contributed by atoms with Crippen molar-refractivity contribution in [2.45, 2.75) is 32.4 Å². The second-order valence-corrected chi connectivity index (χ2v) is 7.45. The summed E-state index contributed by atoms with van der Waals surface area (Å²) in [5, 5.41) is 7.01. The van der Waals surface area contributed by atoms with Gasteiger partial charge in [0.25, 0.3) is 0 Å². The maximum atomic E-state index is 4.80. The predicted molar refractivity (Wildman–Crippen MR) is 121 cm³/mol. The zero-order valence-corrected chi connectivity index (χ0v) is 17.1. The number of nitrogens with zero attached hydrogens (tertiary/aromatic N) is 4. The number of para-hydroxylation sites is 3. The molecule has 2 heterocycles. The quantitative estimate of drug-likeness (QED) is 0.369. The number of hydrogen-bond donors (Lipinski definition) is 2. The summed E-state index contributed by atoms with van der Waals surface area (Å²) in [6.45, 7) is 6.78. The fraction of sp³-hybridized carbons (Fsp3) is 0.391. The second-order valence-electron chi connectivity index (χ2n) is 7.45. The number of anilines is 1. The van der Waals surface area contributed by atoms with E-state index in [1.807, 2.05) is 12.4 Å². The van der Waals surface area contributed by atoms with E-state index in [1.54, 1.807) is 0 Å². The molecule has 1 fully saturated rings. The molecule has 2 N–H and O–H groups in total. The predicted octanol–water partition coefficient (Wildman–Crippen LogP) is 3.26. The van der Waals surface area contributed by atoms with Gasteiger partial charge in [0.1, 0.15) is 0 Å². The highest BCUT2D eigenvalue weighted by atomic mass is 15.2. The van der Waals surface area contributed by atoms with Gasteiger partial charge in [0.2, 0.25) is 0 Å². The molecule has 4 rings (SSSR count). The second kappa shape index (κ2) is 9.45. The van der Waals surface area contributed by atoms with Crippen molar-refractivity contribution in [1.29, 1.82) is 0 Å². The van der Waals surface area contributed by atoms with E-state index in [4.69, 9.17) is 4.99 Å². The molecular formula is C23H30N6. The number of nitrogens with one attached hydrogen (secondary N) is 2. The fourth-order valence-corrected chi connectivity index (χ4v) is 3.89. The number of rotatable bonds is 7. The third-order valence-electron chi connectivity index (χ3n) is 5.35.